The molecule has 0 fully saturated rings. The minimum atomic E-state index is 0.249. The van der Waals surface area contributed by atoms with Crippen LogP contribution in [0.1, 0.15) is 95.2 Å². The van der Waals surface area contributed by atoms with Crippen molar-refractivity contribution >= 4 is 0 Å². The first-order valence-electron chi connectivity index (χ1n) is 10.9. The molecule has 0 unspecified atom stereocenters. The standard InChI is InChI=1S/C26H38O/c1-4-5-6-7-8-9-10-11-20-26(2,3)24-16-12-22(13-17-24)21-23-14-18-25(27)19-15-23/h12-19,27H,4-11,20-21H2,1-3H3. The molecule has 0 aliphatic carbocycles. The van der Waals surface area contributed by atoms with Gasteiger partial charge < -0.3 is 5.11 Å². The molecular formula is C26H38O. The Morgan fingerprint density at radius 1 is 0.667 bits per heavy atom. The Hall–Kier alpha value is -1.76. The first-order chi connectivity index (χ1) is 13.0. The molecule has 2 rings (SSSR count). The summed E-state index contributed by atoms with van der Waals surface area (Å²) in [7, 11) is 0. The smallest absolute Gasteiger partial charge is 0.115 e. The lowest BCUT2D eigenvalue weighted by molar-refractivity contribution is 0.441. The van der Waals surface area contributed by atoms with E-state index >= 15 is 0 Å². The normalized spacial score (nSPS) is 11.7. The van der Waals surface area contributed by atoms with Crippen LogP contribution < -0.4 is 0 Å². The lowest BCUT2D eigenvalue weighted by Crippen LogP contribution is -2.17. The fourth-order valence-electron chi connectivity index (χ4n) is 3.77. The molecule has 0 saturated heterocycles. The third-order valence-electron chi connectivity index (χ3n) is 5.74. The second-order valence-electron chi connectivity index (χ2n) is 8.65. The second-order valence-corrected chi connectivity index (χ2v) is 8.65. The molecule has 0 aromatic heterocycles. The van der Waals surface area contributed by atoms with E-state index in [1.54, 1.807) is 12.1 Å². The maximum atomic E-state index is 9.40. The summed E-state index contributed by atoms with van der Waals surface area (Å²) in [6.07, 6.45) is 13.2. The summed E-state index contributed by atoms with van der Waals surface area (Å²) in [6.45, 7) is 7.04. The van der Waals surface area contributed by atoms with Crippen LogP contribution in [0.3, 0.4) is 0 Å². The van der Waals surface area contributed by atoms with E-state index in [1.807, 2.05) is 12.1 Å². The number of aromatic hydroxyl groups is 1. The Balaban J connectivity index is 1.76. The highest BCUT2D eigenvalue weighted by atomic mass is 16.3. The van der Waals surface area contributed by atoms with E-state index < -0.39 is 0 Å². The maximum absolute atomic E-state index is 9.40. The summed E-state index contributed by atoms with van der Waals surface area (Å²) in [5, 5.41) is 9.40. The summed E-state index contributed by atoms with van der Waals surface area (Å²) in [5.74, 6) is 0.330. The van der Waals surface area contributed by atoms with Gasteiger partial charge in [-0.1, -0.05) is 109 Å². The van der Waals surface area contributed by atoms with E-state index in [4.69, 9.17) is 0 Å². The van der Waals surface area contributed by atoms with Crippen LogP contribution in [-0.4, -0.2) is 5.11 Å². The molecule has 2 aromatic rings. The quantitative estimate of drug-likeness (QED) is 0.380. The van der Waals surface area contributed by atoms with Gasteiger partial charge in [-0.2, -0.15) is 0 Å². The first kappa shape index (κ1) is 21.5. The molecule has 0 aliphatic rings. The number of benzene rings is 2. The van der Waals surface area contributed by atoms with Crippen molar-refractivity contribution in [2.24, 2.45) is 0 Å². The van der Waals surface area contributed by atoms with E-state index in [-0.39, 0.29) is 5.41 Å². The number of hydrogen-bond donors (Lipinski definition) is 1. The van der Waals surface area contributed by atoms with Crippen LogP contribution in [0.5, 0.6) is 5.75 Å². The molecule has 1 nitrogen and oxygen atoms in total. The molecule has 1 heteroatoms. The van der Waals surface area contributed by atoms with Gasteiger partial charge in [0, 0.05) is 0 Å². The summed E-state index contributed by atoms with van der Waals surface area (Å²) in [5.41, 5.74) is 4.25. The van der Waals surface area contributed by atoms with Crippen molar-refractivity contribution in [2.45, 2.75) is 90.4 Å². The fraction of sp³-hybridized carbons (Fsp3) is 0.538. The molecule has 0 saturated carbocycles. The largest absolute Gasteiger partial charge is 0.508 e. The third-order valence-corrected chi connectivity index (χ3v) is 5.74. The number of rotatable bonds is 12. The highest BCUT2D eigenvalue weighted by molar-refractivity contribution is 5.33. The zero-order valence-corrected chi connectivity index (χ0v) is 17.6. The SMILES string of the molecule is CCCCCCCCCCC(C)(C)c1ccc(Cc2ccc(O)cc2)cc1. The van der Waals surface area contributed by atoms with Crippen molar-refractivity contribution in [2.75, 3.05) is 0 Å². The summed E-state index contributed by atoms with van der Waals surface area (Å²) in [4.78, 5) is 0. The van der Waals surface area contributed by atoms with Crippen molar-refractivity contribution in [3.63, 3.8) is 0 Å². The number of hydrogen-bond acceptors (Lipinski definition) is 1. The monoisotopic (exact) mass is 366 g/mol. The lowest BCUT2D eigenvalue weighted by atomic mass is 9.79. The van der Waals surface area contributed by atoms with Gasteiger partial charge in [-0.25, -0.2) is 0 Å². The molecule has 148 valence electrons. The van der Waals surface area contributed by atoms with Crippen LogP contribution in [0.25, 0.3) is 0 Å². The van der Waals surface area contributed by atoms with Crippen LogP contribution >= 0.6 is 0 Å². The number of phenols is 1. The zero-order chi connectivity index (χ0) is 19.5. The number of unbranched alkanes of at least 4 members (excludes halogenated alkanes) is 7. The van der Waals surface area contributed by atoms with Crippen molar-refractivity contribution < 1.29 is 5.11 Å². The van der Waals surface area contributed by atoms with Crippen molar-refractivity contribution in [3.8, 4) is 5.75 Å². The van der Waals surface area contributed by atoms with Gasteiger partial charge >= 0.3 is 0 Å². The Labute approximate surface area is 166 Å². The van der Waals surface area contributed by atoms with Gasteiger partial charge in [0.2, 0.25) is 0 Å². The minimum Gasteiger partial charge on any atom is -0.508 e. The Morgan fingerprint density at radius 3 is 1.70 bits per heavy atom. The van der Waals surface area contributed by atoms with Gasteiger partial charge in [0.05, 0.1) is 0 Å². The summed E-state index contributed by atoms with van der Waals surface area (Å²) in [6, 6.07) is 16.6. The van der Waals surface area contributed by atoms with E-state index in [0.29, 0.717) is 5.75 Å². The Morgan fingerprint density at radius 2 is 1.15 bits per heavy atom. The molecule has 0 heterocycles. The van der Waals surface area contributed by atoms with Gasteiger partial charge in [-0.15, -0.1) is 0 Å². The molecule has 0 amide bonds. The van der Waals surface area contributed by atoms with Crippen molar-refractivity contribution in [3.05, 3.63) is 65.2 Å². The fourth-order valence-corrected chi connectivity index (χ4v) is 3.77. The first-order valence-corrected chi connectivity index (χ1v) is 10.9. The molecule has 0 radical (unpaired) electrons. The highest BCUT2D eigenvalue weighted by Gasteiger charge is 2.19. The molecule has 0 spiro atoms. The lowest BCUT2D eigenvalue weighted by Gasteiger charge is -2.25. The Bertz CT molecular complexity index is 637. The van der Waals surface area contributed by atoms with Crippen LogP contribution in [0, 0.1) is 0 Å². The highest BCUT2D eigenvalue weighted by Crippen LogP contribution is 2.30. The summed E-state index contributed by atoms with van der Waals surface area (Å²) < 4.78 is 0. The maximum Gasteiger partial charge on any atom is 0.115 e. The van der Waals surface area contributed by atoms with Gasteiger partial charge in [0.1, 0.15) is 5.75 Å². The predicted octanol–water partition coefficient (Wildman–Crippen LogP) is 7.79. The molecule has 27 heavy (non-hydrogen) atoms. The van der Waals surface area contributed by atoms with Crippen molar-refractivity contribution in [1.82, 2.24) is 0 Å². The van der Waals surface area contributed by atoms with Crippen LogP contribution in [0.15, 0.2) is 48.5 Å². The summed E-state index contributed by atoms with van der Waals surface area (Å²) >= 11 is 0. The third kappa shape index (κ3) is 7.79. The van der Waals surface area contributed by atoms with Gasteiger partial charge in [-0.05, 0) is 47.1 Å². The van der Waals surface area contributed by atoms with Crippen molar-refractivity contribution in [1.29, 1.82) is 0 Å². The molecule has 0 atom stereocenters. The van der Waals surface area contributed by atoms with Gasteiger partial charge in [-0.3, -0.25) is 0 Å². The average Bonchev–Trinajstić information content (AvgIpc) is 2.66. The second kappa shape index (κ2) is 11.2. The average molecular weight is 367 g/mol. The van der Waals surface area contributed by atoms with Crippen LogP contribution in [-0.2, 0) is 11.8 Å². The molecule has 2 aromatic carbocycles. The van der Waals surface area contributed by atoms with E-state index in [1.165, 1.54) is 74.5 Å². The molecular weight excluding hydrogens is 328 g/mol. The van der Waals surface area contributed by atoms with Gasteiger partial charge in [0.25, 0.3) is 0 Å². The zero-order valence-electron chi connectivity index (χ0n) is 17.6. The topological polar surface area (TPSA) is 20.2 Å². The molecule has 0 bridgehead atoms. The van der Waals surface area contributed by atoms with E-state index in [9.17, 15) is 5.11 Å². The predicted molar refractivity (Wildman–Crippen MR) is 118 cm³/mol. The molecule has 0 aliphatic heterocycles. The van der Waals surface area contributed by atoms with Crippen LogP contribution in [0.4, 0.5) is 0 Å². The van der Waals surface area contributed by atoms with E-state index in [2.05, 4.69) is 45.0 Å². The minimum absolute atomic E-state index is 0.249. The molecule has 1 N–H and O–H groups in total. The van der Waals surface area contributed by atoms with E-state index in [0.717, 1.165) is 6.42 Å². The number of phenolic OH excluding ortho intramolecular Hbond substituents is 1. The van der Waals surface area contributed by atoms with Gasteiger partial charge in [0.15, 0.2) is 0 Å². The van der Waals surface area contributed by atoms with Crippen LogP contribution in [0.2, 0.25) is 0 Å². The Kier molecular flexibility index (Phi) is 8.91.